The fraction of sp³-hybridized carbons (Fsp3) is 0.415. The van der Waals surface area contributed by atoms with Gasteiger partial charge in [0.1, 0.15) is 11.5 Å². The van der Waals surface area contributed by atoms with Crippen LogP contribution in [0.15, 0.2) is 82.0 Å². The van der Waals surface area contributed by atoms with Gasteiger partial charge in [-0.05, 0) is 88.8 Å². The summed E-state index contributed by atoms with van der Waals surface area (Å²) in [6.07, 6.45) is 21.1. The van der Waals surface area contributed by atoms with E-state index in [1.165, 1.54) is 95.9 Å². The first-order valence-electron chi connectivity index (χ1n) is 16.8. The van der Waals surface area contributed by atoms with Crippen molar-refractivity contribution in [1.82, 2.24) is 0 Å². The maximum absolute atomic E-state index is 6.36. The largest absolute Gasteiger partial charge is 0.464 e. The SMILES string of the molecule is CCCCCCc1coc(C2=Cc3ccccc3C2C(C)(C)C2C(c3cc(CCCCCC)co3)=Cc3ccccc32)c1. The quantitative estimate of drug-likeness (QED) is 0.140. The highest BCUT2D eigenvalue weighted by Gasteiger charge is 2.48. The third kappa shape index (κ3) is 5.99. The van der Waals surface area contributed by atoms with Crippen molar-refractivity contribution in [1.29, 1.82) is 0 Å². The van der Waals surface area contributed by atoms with Gasteiger partial charge in [-0.3, -0.25) is 0 Å². The number of furan rings is 2. The molecule has 2 aliphatic rings. The Bertz CT molecular complexity index is 1470. The zero-order valence-corrected chi connectivity index (χ0v) is 26.6. The number of hydrogen-bond acceptors (Lipinski definition) is 2. The highest BCUT2D eigenvalue weighted by Crippen LogP contribution is 2.62. The minimum atomic E-state index is -0.154. The lowest BCUT2D eigenvalue weighted by Gasteiger charge is -2.41. The van der Waals surface area contributed by atoms with Crippen LogP contribution in [0.4, 0.5) is 0 Å². The molecule has 0 aliphatic heterocycles. The highest BCUT2D eigenvalue weighted by atomic mass is 16.3. The van der Waals surface area contributed by atoms with E-state index in [0.717, 1.165) is 24.4 Å². The second-order valence-electron chi connectivity index (χ2n) is 13.4. The van der Waals surface area contributed by atoms with Gasteiger partial charge in [-0.1, -0.05) is 115 Å². The Hall–Kier alpha value is -3.52. The summed E-state index contributed by atoms with van der Waals surface area (Å²) in [5.74, 6) is 2.41. The molecule has 2 atom stereocenters. The van der Waals surface area contributed by atoms with Crippen LogP contribution in [0.25, 0.3) is 23.3 Å². The van der Waals surface area contributed by atoms with Crippen LogP contribution in [-0.4, -0.2) is 0 Å². The van der Waals surface area contributed by atoms with Crippen molar-refractivity contribution >= 4 is 23.3 Å². The molecule has 0 radical (unpaired) electrons. The van der Waals surface area contributed by atoms with Gasteiger partial charge in [0.15, 0.2) is 0 Å². The second-order valence-corrected chi connectivity index (χ2v) is 13.4. The number of fused-ring (bicyclic) bond motifs is 2. The molecule has 0 amide bonds. The van der Waals surface area contributed by atoms with E-state index in [9.17, 15) is 0 Å². The van der Waals surface area contributed by atoms with E-state index < -0.39 is 0 Å². The van der Waals surface area contributed by atoms with Crippen LogP contribution in [0.2, 0.25) is 0 Å². The van der Waals surface area contributed by atoms with Gasteiger partial charge in [0.2, 0.25) is 0 Å². The van der Waals surface area contributed by atoms with Crippen molar-refractivity contribution in [3.8, 4) is 0 Å². The average Bonchev–Trinajstić information content (AvgIpc) is 3.81. The molecule has 2 aromatic heterocycles. The molecular weight excluding hydrogens is 524 g/mol. The fourth-order valence-corrected chi connectivity index (χ4v) is 7.67. The average molecular weight is 573 g/mol. The Balaban J connectivity index is 1.35. The van der Waals surface area contributed by atoms with Crippen molar-refractivity contribution in [3.05, 3.63) is 118 Å². The van der Waals surface area contributed by atoms with E-state index in [2.05, 4.69) is 101 Å². The topological polar surface area (TPSA) is 26.3 Å². The third-order valence-electron chi connectivity index (χ3n) is 9.86. The predicted molar refractivity (Wildman–Crippen MR) is 181 cm³/mol. The van der Waals surface area contributed by atoms with Gasteiger partial charge in [0.25, 0.3) is 0 Å². The highest BCUT2D eigenvalue weighted by molar-refractivity contribution is 5.94. The fourth-order valence-electron chi connectivity index (χ4n) is 7.67. The molecule has 6 rings (SSSR count). The second kappa shape index (κ2) is 13.0. The molecular formula is C41H48O2. The van der Waals surface area contributed by atoms with Crippen molar-refractivity contribution in [2.24, 2.45) is 5.41 Å². The number of allylic oxidation sites excluding steroid dienone is 2. The van der Waals surface area contributed by atoms with E-state index in [1.807, 2.05) is 12.5 Å². The van der Waals surface area contributed by atoms with Gasteiger partial charge in [-0.15, -0.1) is 0 Å². The Morgan fingerprint density at radius 2 is 1.02 bits per heavy atom. The molecule has 2 heterocycles. The Labute approximate surface area is 258 Å². The molecule has 2 heteroatoms. The lowest BCUT2D eigenvalue weighted by molar-refractivity contribution is 0.299. The summed E-state index contributed by atoms with van der Waals surface area (Å²) in [5.41, 5.74) is 10.5. The number of unbranched alkanes of at least 4 members (excludes halogenated alkanes) is 6. The summed E-state index contributed by atoms with van der Waals surface area (Å²) in [7, 11) is 0. The molecule has 2 aromatic carbocycles. The summed E-state index contributed by atoms with van der Waals surface area (Å²) in [6, 6.07) is 22.5. The molecule has 2 nitrogen and oxygen atoms in total. The van der Waals surface area contributed by atoms with E-state index >= 15 is 0 Å². The first-order valence-corrected chi connectivity index (χ1v) is 16.8. The van der Waals surface area contributed by atoms with Crippen LogP contribution >= 0.6 is 0 Å². The van der Waals surface area contributed by atoms with Gasteiger partial charge < -0.3 is 8.83 Å². The van der Waals surface area contributed by atoms with Crippen molar-refractivity contribution in [2.45, 2.75) is 104 Å². The van der Waals surface area contributed by atoms with E-state index in [1.54, 1.807) is 0 Å². The zero-order chi connectivity index (χ0) is 29.8. The standard InChI is InChI=1S/C41H48O2/c1-5-7-9-11-17-29-23-37(42-27-29)35-25-31-19-13-15-21-33(31)39(35)41(3,4)40-34-22-16-14-20-32(34)26-36(40)38-24-30(28-43-38)18-12-10-8-6-2/h13-16,19-28,39-40H,5-12,17-18H2,1-4H3. The molecule has 2 unspecified atom stereocenters. The van der Waals surface area contributed by atoms with Crippen LogP contribution in [-0.2, 0) is 12.8 Å². The van der Waals surface area contributed by atoms with Crippen molar-refractivity contribution in [2.75, 3.05) is 0 Å². The maximum Gasteiger partial charge on any atom is 0.130 e. The smallest absolute Gasteiger partial charge is 0.130 e. The zero-order valence-electron chi connectivity index (χ0n) is 26.6. The molecule has 224 valence electrons. The van der Waals surface area contributed by atoms with Crippen molar-refractivity contribution in [3.63, 3.8) is 0 Å². The number of aryl methyl sites for hydroxylation is 2. The molecule has 43 heavy (non-hydrogen) atoms. The summed E-state index contributed by atoms with van der Waals surface area (Å²) in [5, 5.41) is 0. The summed E-state index contributed by atoms with van der Waals surface area (Å²) in [4.78, 5) is 0. The monoisotopic (exact) mass is 572 g/mol. The summed E-state index contributed by atoms with van der Waals surface area (Å²) < 4.78 is 12.7. The normalized spacial score (nSPS) is 17.6. The Kier molecular flexibility index (Phi) is 8.93. The Morgan fingerprint density at radius 1 is 0.581 bits per heavy atom. The molecule has 0 fully saturated rings. The van der Waals surface area contributed by atoms with Gasteiger partial charge in [0, 0.05) is 23.0 Å². The van der Waals surface area contributed by atoms with E-state index in [0.29, 0.717) is 0 Å². The number of hydrogen-bond donors (Lipinski definition) is 0. The van der Waals surface area contributed by atoms with E-state index in [-0.39, 0.29) is 17.3 Å². The van der Waals surface area contributed by atoms with Crippen LogP contribution in [0, 0.1) is 5.41 Å². The molecule has 4 aromatic rings. The van der Waals surface area contributed by atoms with Crippen LogP contribution in [0.3, 0.4) is 0 Å². The van der Waals surface area contributed by atoms with E-state index in [4.69, 9.17) is 8.83 Å². The third-order valence-corrected chi connectivity index (χ3v) is 9.86. The first kappa shape index (κ1) is 29.5. The minimum Gasteiger partial charge on any atom is -0.464 e. The minimum absolute atomic E-state index is 0.154. The Morgan fingerprint density at radius 3 is 1.47 bits per heavy atom. The number of rotatable bonds is 14. The number of benzene rings is 2. The molecule has 0 spiro atoms. The molecule has 0 saturated carbocycles. The maximum atomic E-state index is 6.36. The molecule has 0 saturated heterocycles. The molecule has 0 bridgehead atoms. The van der Waals surface area contributed by atoms with Crippen molar-refractivity contribution < 1.29 is 8.83 Å². The lowest BCUT2D eigenvalue weighted by Crippen LogP contribution is -2.30. The summed E-state index contributed by atoms with van der Waals surface area (Å²) >= 11 is 0. The van der Waals surface area contributed by atoms with Gasteiger partial charge >= 0.3 is 0 Å². The van der Waals surface area contributed by atoms with Crippen LogP contribution < -0.4 is 0 Å². The predicted octanol–water partition coefficient (Wildman–Crippen LogP) is 12.1. The molecule has 2 aliphatic carbocycles. The van der Waals surface area contributed by atoms with Gasteiger partial charge in [-0.2, -0.15) is 0 Å². The molecule has 0 N–H and O–H groups in total. The first-order chi connectivity index (χ1) is 21.0. The van der Waals surface area contributed by atoms with Gasteiger partial charge in [0.05, 0.1) is 12.5 Å². The van der Waals surface area contributed by atoms with Gasteiger partial charge in [-0.25, -0.2) is 0 Å². The summed E-state index contributed by atoms with van der Waals surface area (Å²) in [6.45, 7) is 9.45. The lowest BCUT2D eigenvalue weighted by atomic mass is 9.62. The van der Waals surface area contributed by atoms with Crippen LogP contribution in [0.5, 0.6) is 0 Å². The van der Waals surface area contributed by atoms with Crippen LogP contribution in [0.1, 0.15) is 136 Å².